The zero-order valence-electron chi connectivity index (χ0n) is 4.75. The summed E-state index contributed by atoms with van der Waals surface area (Å²) in [6.45, 7) is 6.75. The summed E-state index contributed by atoms with van der Waals surface area (Å²) >= 11 is 0. The predicted octanol–water partition coefficient (Wildman–Crippen LogP) is 0.0466. The van der Waals surface area contributed by atoms with Crippen LogP contribution in [0.25, 0.3) is 0 Å². The molecule has 0 aliphatic carbocycles. The Morgan fingerprint density at radius 2 is 1.88 bits per heavy atom. The number of aliphatic hydroxyl groups excluding tert-OH is 1. The molecule has 0 aliphatic rings. The summed E-state index contributed by atoms with van der Waals surface area (Å²) in [6.07, 6.45) is 2.20. The lowest BCUT2D eigenvalue weighted by atomic mass is 10.2. The molecule has 0 radical (unpaired) electrons. The fraction of sp³-hybridized carbons (Fsp3) is 0.333. The molecule has 2 atom stereocenters. The molecular formula is C6H11NO. The smallest absolute Gasteiger partial charge is 0.0904 e. The monoisotopic (exact) mass is 113 g/mol. The number of hydrogen-bond acceptors (Lipinski definition) is 2. The first-order valence-electron chi connectivity index (χ1n) is 2.41. The Hall–Kier alpha value is -0.600. The van der Waals surface area contributed by atoms with Gasteiger partial charge in [0.15, 0.2) is 0 Å². The van der Waals surface area contributed by atoms with Crippen LogP contribution in [0.4, 0.5) is 0 Å². The van der Waals surface area contributed by atoms with Crippen molar-refractivity contribution in [1.82, 2.24) is 0 Å². The third-order valence-corrected chi connectivity index (χ3v) is 0.908. The molecule has 0 aromatic rings. The Labute approximate surface area is 49.3 Å². The second-order valence-corrected chi connectivity index (χ2v) is 1.54. The summed E-state index contributed by atoms with van der Waals surface area (Å²) in [7, 11) is 0. The zero-order valence-corrected chi connectivity index (χ0v) is 4.75. The van der Waals surface area contributed by atoms with Crippen LogP contribution in [0.3, 0.4) is 0 Å². The largest absolute Gasteiger partial charge is 0.387 e. The van der Waals surface area contributed by atoms with E-state index >= 15 is 0 Å². The maximum atomic E-state index is 8.81. The molecule has 0 amide bonds. The fourth-order valence-electron chi connectivity index (χ4n) is 0.297. The molecular weight excluding hydrogens is 102 g/mol. The van der Waals surface area contributed by atoms with Gasteiger partial charge in [0, 0.05) is 0 Å². The Morgan fingerprint density at radius 1 is 1.38 bits per heavy atom. The number of aliphatic hydroxyl groups is 1. The van der Waals surface area contributed by atoms with Crippen molar-refractivity contribution in [3.63, 3.8) is 0 Å². The van der Waals surface area contributed by atoms with E-state index in [9.17, 15) is 0 Å². The third-order valence-electron chi connectivity index (χ3n) is 0.908. The van der Waals surface area contributed by atoms with E-state index in [4.69, 9.17) is 10.8 Å². The van der Waals surface area contributed by atoms with Crippen molar-refractivity contribution >= 4 is 0 Å². The molecule has 8 heavy (non-hydrogen) atoms. The van der Waals surface area contributed by atoms with Gasteiger partial charge in [-0.15, -0.1) is 13.2 Å². The molecule has 0 aromatic carbocycles. The van der Waals surface area contributed by atoms with Crippen LogP contribution in [0.5, 0.6) is 0 Å². The van der Waals surface area contributed by atoms with Gasteiger partial charge in [-0.3, -0.25) is 0 Å². The lowest BCUT2D eigenvalue weighted by Crippen LogP contribution is -2.30. The van der Waals surface area contributed by atoms with Crippen LogP contribution < -0.4 is 5.73 Å². The SMILES string of the molecule is C=CC(N)C(O)C=C. The van der Waals surface area contributed by atoms with E-state index in [1.165, 1.54) is 12.2 Å². The van der Waals surface area contributed by atoms with Gasteiger partial charge < -0.3 is 10.8 Å². The Balaban J connectivity index is 3.60. The van der Waals surface area contributed by atoms with Crippen molar-refractivity contribution in [1.29, 1.82) is 0 Å². The van der Waals surface area contributed by atoms with Gasteiger partial charge in [0.05, 0.1) is 12.1 Å². The molecule has 2 unspecified atom stereocenters. The van der Waals surface area contributed by atoms with Crippen LogP contribution in [-0.2, 0) is 0 Å². The van der Waals surface area contributed by atoms with Crippen molar-refractivity contribution < 1.29 is 5.11 Å². The highest BCUT2D eigenvalue weighted by molar-refractivity contribution is 4.96. The van der Waals surface area contributed by atoms with Crippen molar-refractivity contribution in [2.45, 2.75) is 12.1 Å². The van der Waals surface area contributed by atoms with Gasteiger partial charge in [-0.1, -0.05) is 12.2 Å². The summed E-state index contributed by atoms with van der Waals surface area (Å²) in [5, 5.41) is 8.81. The molecule has 0 spiro atoms. The normalized spacial score (nSPS) is 16.8. The van der Waals surface area contributed by atoms with Gasteiger partial charge in [0.25, 0.3) is 0 Å². The van der Waals surface area contributed by atoms with E-state index < -0.39 is 6.10 Å². The van der Waals surface area contributed by atoms with E-state index in [0.717, 1.165) is 0 Å². The first-order valence-corrected chi connectivity index (χ1v) is 2.41. The predicted molar refractivity (Wildman–Crippen MR) is 34.4 cm³/mol. The third kappa shape index (κ3) is 1.91. The minimum absolute atomic E-state index is 0.382. The molecule has 0 saturated heterocycles. The van der Waals surface area contributed by atoms with Crippen molar-refractivity contribution in [3.05, 3.63) is 25.3 Å². The first-order chi connectivity index (χ1) is 3.72. The quantitative estimate of drug-likeness (QED) is 0.508. The lowest BCUT2D eigenvalue weighted by molar-refractivity contribution is 0.209. The molecule has 2 heteroatoms. The van der Waals surface area contributed by atoms with Crippen LogP contribution in [0, 0.1) is 0 Å². The zero-order chi connectivity index (χ0) is 6.57. The van der Waals surface area contributed by atoms with Crippen LogP contribution in [0.1, 0.15) is 0 Å². The molecule has 0 aromatic heterocycles. The Bertz CT molecular complexity index is 78.5. The highest BCUT2D eigenvalue weighted by Gasteiger charge is 2.03. The average Bonchev–Trinajstić information content (AvgIpc) is 1.84. The van der Waals surface area contributed by atoms with Crippen molar-refractivity contribution in [2.75, 3.05) is 0 Å². The van der Waals surface area contributed by atoms with Crippen LogP contribution in [-0.4, -0.2) is 17.3 Å². The highest BCUT2D eigenvalue weighted by Crippen LogP contribution is 1.89. The van der Waals surface area contributed by atoms with Gasteiger partial charge in [-0.25, -0.2) is 0 Å². The molecule has 0 rings (SSSR count). The lowest BCUT2D eigenvalue weighted by Gasteiger charge is -2.08. The molecule has 2 nitrogen and oxygen atoms in total. The number of hydrogen-bond donors (Lipinski definition) is 2. The molecule has 46 valence electrons. The average molecular weight is 113 g/mol. The Morgan fingerprint density at radius 3 is 2.00 bits per heavy atom. The van der Waals surface area contributed by atoms with Gasteiger partial charge in [-0.05, 0) is 0 Å². The molecule has 0 fully saturated rings. The van der Waals surface area contributed by atoms with Gasteiger partial charge in [0.1, 0.15) is 0 Å². The van der Waals surface area contributed by atoms with Gasteiger partial charge in [-0.2, -0.15) is 0 Å². The number of nitrogens with two attached hydrogens (primary N) is 1. The van der Waals surface area contributed by atoms with Gasteiger partial charge in [0.2, 0.25) is 0 Å². The second kappa shape index (κ2) is 3.41. The minimum Gasteiger partial charge on any atom is -0.387 e. The molecule has 0 bridgehead atoms. The minimum atomic E-state index is -0.660. The highest BCUT2D eigenvalue weighted by atomic mass is 16.3. The summed E-state index contributed by atoms with van der Waals surface area (Å²) in [6, 6.07) is -0.382. The second-order valence-electron chi connectivity index (χ2n) is 1.54. The molecule has 0 saturated carbocycles. The summed E-state index contributed by atoms with van der Waals surface area (Å²) in [5.41, 5.74) is 5.29. The fourth-order valence-corrected chi connectivity index (χ4v) is 0.297. The number of rotatable bonds is 3. The molecule has 0 aliphatic heterocycles. The van der Waals surface area contributed by atoms with E-state index in [-0.39, 0.29) is 6.04 Å². The standard InChI is InChI=1S/C6H11NO/c1-3-5(7)6(8)4-2/h3-6,8H,1-2,7H2. The Kier molecular flexibility index (Phi) is 3.15. The summed E-state index contributed by atoms with van der Waals surface area (Å²) in [4.78, 5) is 0. The van der Waals surface area contributed by atoms with E-state index in [0.29, 0.717) is 0 Å². The van der Waals surface area contributed by atoms with Crippen LogP contribution in [0.15, 0.2) is 25.3 Å². The summed E-state index contributed by atoms with van der Waals surface area (Å²) < 4.78 is 0. The maximum Gasteiger partial charge on any atom is 0.0904 e. The van der Waals surface area contributed by atoms with E-state index in [1.54, 1.807) is 0 Å². The maximum absolute atomic E-state index is 8.81. The summed E-state index contributed by atoms with van der Waals surface area (Å²) in [5.74, 6) is 0. The molecule has 3 N–H and O–H groups in total. The van der Waals surface area contributed by atoms with Crippen LogP contribution in [0.2, 0.25) is 0 Å². The first kappa shape index (κ1) is 7.40. The van der Waals surface area contributed by atoms with Crippen LogP contribution >= 0.6 is 0 Å². The topological polar surface area (TPSA) is 46.2 Å². The molecule has 0 heterocycles. The van der Waals surface area contributed by atoms with Gasteiger partial charge >= 0.3 is 0 Å². The van der Waals surface area contributed by atoms with Crippen molar-refractivity contribution in [3.8, 4) is 0 Å². The van der Waals surface area contributed by atoms with E-state index in [1.807, 2.05) is 0 Å². The van der Waals surface area contributed by atoms with Crippen molar-refractivity contribution in [2.24, 2.45) is 5.73 Å². The van der Waals surface area contributed by atoms with E-state index in [2.05, 4.69) is 13.2 Å².